The molecule has 0 aliphatic rings. The fourth-order valence-electron chi connectivity index (χ4n) is 1.62. The smallest absolute Gasteiger partial charge is 0.546 e. The van der Waals surface area contributed by atoms with Crippen LogP contribution in [0, 0.1) is 0 Å². The third-order valence-corrected chi connectivity index (χ3v) is 3.00. The number of carboxylic acid groups (broad SMARTS) is 1. The average molecular weight is 396 g/mol. The monoisotopic (exact) mass is 395 g/mol. The van der Waals surface area contributed by atoms with E-state index in [1.54, 1.807) is 26.8 Å². The van der Waals surface area contributed by atoms with E-state index in [2.05, 4.69) is 26.2 Å². The zero-order valence-electron chi connectivity index (χ0n) is 14.3. The molecule has 1 heterocycles. The summed E-state index contributed by atoms with van der Waals surface area (Å²) in [5.41, 5.74) is 5.30. The molecule has 10 heteroatoms. The summed E-state index contributed by atoms with van der Waals surface area (Å²) in [7, 11) is 0. The fourth-order valence-corrected chi connectivity index (χ4v) is 1.95. The van der Waals surface area contributed by atoms with Crippen LogP contribution in [-0.4, -0.2) is 34.9 Å². The van der Waals surface area contributed by atoms with E-state index in [1.807, 2.05) is 0 Å². The van der Waals surface area contributed by atoms with E-state index in [1.165, 1.54) is 13.1 Å². The number of anilines is 2. The molecule has 128 valence electrons. The Bertz CT molecular complexity index is 594. The molecule has 0 aliphatic heterocycles. The van der Waals surface area contributed by atoms with Crippen LogP contribution in [0.3, 0.4) is 0 Å². The molecule has 0 aliphatic carbocycles. The SMILES string of the molecule is C[C@@H](Nc1cc(Br)cnc1N)[C@H](OC(=O)OC(C)(C)C)C(=O)[O-].[Li+]. The second-order valence-electron chi connectivity index (χ2n) is 5.84. The van der Waals surface area contributed by atoms with E-state index in [0.717, 1.165) is 0 Å². The van der Waals surface area contributed by atoms with E-state index >= 15 is 0 Å². The first-order valence-electron chi connectivity index (χ1n) is 6.77. The summed E-state index contributed by atoms with van der Waals surface area (Å²) < 4.78 is 10.4. The van der Waals surface area contributed by atoms with Crippen molar-refractivity contribution in [1.82, 2.24) is 4.98 Å². The molecule has 24 heavy (non-hydrogen) atoms. The van der Waals surface area contributed by atoms with Crippen molar-refractivity contribution in [2.75, 3.05) is 11.1 Å². The second kappa shape index (κ2) is 9.16. The third-order valence-electron chi connectivity index (χ3n) is 2.57. The van der Waals surface area contributed by atoms with Crippen molar-refractivity contribution in [2.45, 2.75) is 45.4 Å². The van der Waals surface area contributed by atoms with Crippen LogP contribution in [-0.2, 0) is 14.3 Å². The topological polar surface area (TPSA) is 127 Å². The predicted octanol–water partition coefficient (Wildman–Crippen LogP) is -1.70. The van der Waals surface area contributed by atoms with Crippen molar-refractivity contribution in [1.29, 1.82) is 0 Å². The molecule has 1 aromatic heterocycles. The van der Waals surface area contributed by atoms with Crippen molar-refractivity contribution >= 4 is 39.6 Å². The van der Waals surface area contributed by atoms with E-state index in [-0.39, 0.29) is 24.7 Å². The normalized spacial score (nSPS) is 13.2. The molecule has 0 fully saturated rings. The number of nitrogens with zero attached hydrogens (tertiary/aromatic N) is 1. The number of rotatable bonds is 5. The number of carbonyl (C=O) groups is 2. The minimum atomic E-state index is -1.57. The van der Waals surface area contributed by atoms with E-state index in [4.69, 9.17) is 15.2 Å². The number of nitrogens with two attached hydrogens (primary N) is 1. The van der Waals surface area contributed by atoms with Gasteiger partial charge in [-0.3, -0.25) is 0 Å². The second-order valence-corrected chi connectivity index (χ2v) is 6.76. The maximum absolute atomic E-state index is 11.6. The number of hydrogen-bond donors (Lipinski definition) is 2. The van der Waals surface area contributed by atoms with Crippen LogP contribution >= 0.6 is 15.9 Å². The molecular weight excluding hydrogens is 377 g/mol. The molecular formula is C14H19BrLiN3O5. The molecule has 0 saturated heterocycles. The van der Waals surface area contributed by atoms with Gasteiger partial charge in [0.2, 0.25) is 0 Å². The van der Waals surface area contributed by atoms with Crippen LogP contribution in [0.2, 0.25) is 0 Å². The third kappa shape index (κ3) is 7.42. The van der Waals surface area contributed by atoms with Gasteiger partial charge in [-0.2, -0.15) is 0 Å². The van der Waals surface area contributed by atoms with Crippen molar-refractivity contribution in [3.05, 3.63) is 16.7 Å². The quantitative estimate of drug-likeness (QED) is 0.446. The summed E-state index contributed by atoms with van der Waals surface area (Å²) in [4.78, 5) is 26.8. The summed E-state index contributed by atoms with van der Waals surface area (Å²) in [6, 6.07) is 0.796. The number of halogens is 1. The average Bonchev–Trinajstić information content (AvgIpc) is 2.37. The van der Waals surface area contributed by atoms with Crippen molar-refractivity contribution in [3.63, 3.8) is 0 Å². The van der Waals surface area contributed by atoms with Crippen molar-refractivity contribution in [2.24, 2.45) is 0 Å². The predicted molar refractivity (Wildman–Crippen MR) is 85.5 cm³/mol. The zero-order valence-corrected chi connectivity index (χ0v) is 15.8. The maximum atomic E-state index is 11.6. The Labute approximate surface area is 160 Å². The minimum Gasteiger partial charge on any atom is -0.546 e. The van der Waals surface area contributed by atoms with Crippen LogP contribution in [0.4, 0.5) is 16.3 Å². The van der Waals surface area contributed by atoms with E-state index in [9.17, 15) is 14.7 Å². The summed E-state index contributed by atoms with van der Waals surface area (Å²) in [6.07, 6.45) is -1.16. The van der Waals surface area contributed by atoms with Gasteiger partial charge >= 0.3 is 25.0 Å². The molecule has 0 saturated carbocycles. The molecule has 3 N–H and O–H groups in total. The molecule has 0 aromatic carbocycles. The molecule has 1 rings (SSSR count). The molecule has 0 spiro atoms. The number of carbonyl (C=O) groups excluding carboxylic acids is 2. The van der Waals surface area contributed by atoms with Gasteiger partial charge in [-0.15, -0.1) is 0 Å². The standard InChI is InChI=1S/C14H20BrN3O5.Li/c1-7(18-9-5-8(15)6-17-11(9)16)10(12(19)20)22-13(21)23-14(2,3)4;/h5-7,10,18H,1-4H3,(H2,16,17)(H,19,20);/q;+1/p-1/t7-,10+;/m1./s1. The van der Waals surface area contributed by atoms with Gasteiger partial charge < -0.3 is 30.4 Å². The number of aliphatic carboxylic acids is 1. The van der Waals surface area contributed by atoms with Crippen LogP contribution in [0.15, 0.2) is 16.7 Å². The van der Waals surface area contributed by atoms with Gasteiger partial charge in [-0.25, -0.2) is 9.78 Å². The summed E-state index contributed by atoms with van der Waals surface area (Å²) in [5, 5.41) is 14.1. The number of nitrogens with one attached hydrogen (secondary N) is 1. The molecule has 2 atom stereocenters. The fraction of sp³-hybridized carbons (Fsp3) is 0.500. The molecule has 0 unspecified atom stereocenters. The van der Waals surface area contributed by atoms with Gasteiger partial charge in [-0.05, 0) is 49.7 Å². The van der Waals surface area contributed by atoms with Gasteiger partial charge in [0.1, 0.15) is 11.4 Å². The Morgan fingerprint density at radius 2 is 2.00 bits per heavy atom. The molecule has 0 radical (unpaired) electrons. The molecule has 0 bridgehead atoms. The number of ether oxygens (including phenoxy) is 2. The van der Waals surface area contributed by atoms with Gasteiger partial charge in [0, 0.05) is 10.7 Å². The Kier molecular flexibility index (Phi) is 8.61. The van der Waals surface area contributed by atoms with Gasteiger partial charge in [0.05, 0.1) is 17.7 Å². The number of aromatic nitrogens is 1. The van der Waals surface area contributed by atoms with Crippen LogP contribution in [0.25, 0.3) is 0 Å². The number of carboxylic acids is 1. The first-order valence-corrected chi connectivity index (χ1v) is 7.57. The molecule has 0 amide bonds. The van der Waals surface area contributed by atoms with Gasteiger partial charge in [0.15, 0.2) is 6.10 Å². The Hall–Kier alpha value is -1.43. The first kappa shape index (κ1) is 22.6. The Morgan fingerprint density at radius 1 is 1.42 bits per heavy atom. The molecule has 1 aromatic rings. The maximum Gasteiger partial charge on any atom is 1.00 e. The summed E-state index contributed by atoms with van der Waals surface area (Å²) in [5.74, 6) is -1.38. The summed E-state index contributed by atoms with van der Waals surface area (Å²) >= 11 is 3.23. The number of nitrogen functional groups attached to an aromatic ring is 1. The minimum absolute atomic E-state index is 0. The number of pyridine rings is 1. The summed E-state index contributed by atoms with van der Waals surface area (Å²) in [6.45, 7) is 6.42. The Morgan fingerprint density at radius 3 is 2.50 bits per heavy atom. The van der Waals surface area contributed by atoms with Gasteiger partial charge in [0.25, 0.3) is 0 Å². The van der Waals surface area contributed by atoms with E-state index < -0.39 is 29.9 Å². The zero-order chi connectivity index (χ0) is 17.8. The van der Waals surface area contributed by atoms with Crippen LogP contribution < -0.4 is 35.0 Å². The van der Waals surface area contributed by atoms with Crippen LogP contribution in [0.5, 0.6) is 0 Å². The Balaban J connectivity index is 0.00000529. The number of hydrogen-bond acceptors (Lipinski definition) is 8. The largest absolute Gasteiger partial charge is 1.00 e. The van der Waals surface area contributed by atoms with Gasteiger partial charge in [-0.1, -0.05) is 0 Å². The first-order chi connectivity index (χ1) is 10.5. The van der Waals surface area contributed by atoms with Crippen molar-refractivity contribution < 1.29 is 43.0 Å². The van der Waals surface area contributed by atoms with Crippen molar-refractivity contribution in [3.8, 4) is 0 Å². The molecule has 8 nitrogen and oxygen atoms in total. The van der Waals surface area contributed by atoms with E-state index in [0.29, 0.717) is 10.2 Å². The van der Waals surface area contributed by atoms with Crippen LogP contribution in [0.1, 0.15) is 27.7 Å².